The molecule has 3 fully saturated rings. The van der Waals surface area contributed by atoms with Crippen molar-refractivity contribution in [2.75, 3.05) is 32.7 Å². The van der Waals surface area contributed by atoms with Crippen LogP contribution in [0.2, 0.25) is 0 Å². The third kappa shape index (κ3) is 9.56. The summed E-state index contributed by atoms with van der Waals surface area (Å²) in [6.07, 6.45) is -1.05. The number of piperazine rings is 1. The van der Waals surface area contributed by atoms with Crippen molar-refractivity contribution >= 4 is 17.9 Å². The number of aliphatic hydroxyl groups excluding tert-OH is 1. The van der Waals surface area contributed by atoms with Crippen LogP contribution in [0.25, 0.3) is 0 Å². The highest BCUT2D eigenvalue weighted by Crippen LogP contribution is 2.38. The molecule has 276 valence electrons. The normalized spacial score (nSPS) is 22.5. The molecule has 0 bridgehead atoms. The summed E-state index contributed by atoms with van der Waals surface area (Å²) in [7, 11) is 0. The Bertz CT molecular complexity index is 1820. The van der Waals surface area contributed by atoms with Gasteiger partial charge in [0.1, 0.15) is 12.6 Å². The Labute approximate surface area is 310 Å². The van der Waals surface area contributed by atoms with Crippen LogP contribution in [0, 0.1) is 0 Å². The van der Waals surface area contributed by atoms with Crippen LogP contribution < -0.4 is 5.32 Å². The summed E-state index contributed by atoms with van der Waals surface area (Å²) in [5.41, 5.74) is 5.62. The van der Waals surface area contributed by atoms with Gasteiger partial charge >= 0.3 is 6.09 Å². The van der Waals surface area contributed by atoms with Crippen molar-refractivity contribution in [2.45, 2.75) is 63.7 Å². The molecule has 3 heterocycles. The Morgan fingerprint density at radius 3 is 2.00 bits per heavy atom. The number of aliphatic hydroxyl groups is 1. The Kier molecular flexibility index (Phi) is 11.9. The molecule has 11 heteroatoms. The van der Waals surface area contributed by atoms with Crippen molar-refractivity contribution in [2.24, 2.45) is 0 Å². The second-order valence-corrected chi connectivity index (χ2v) is 13.9. The molecule has 3 aliphatic heterocycles. The Balaban J connectivity index is 0.963. The van der Waals surface area contributed by atoms with Crippen molar-refractivity contribution < 1.29 is 33.7 Å². The minimum Gasteiger partial charge on any atom is -0.445 e. The van der Waals surface area contributed by atoms with Gasteiger partial charge in [0.15, 0.2) is 6.29 Å². The smallest absolute Gasteiger partial charge is 0.408 e. The van der Waals surface area contributed by atoms with Crippen molar-refractivity contribution in [1.29, 1.82) is 0 Å². The van der Waals surface area contributed by atoms with Crippen molar-refractivity contribution in [3.05, 3.63) is 143 Å². The lowest BCUT2D eigenvalue weighted by atomic mass is 9.99. The second-order valence-electron chi connectivity index (χ2n) is 13.9. The van der Waals surface area contributed by atoms with Crippen LogP contribution in [-0.4, -0.2) is 82.6 Å². The molecule has 7 rings (SSSR count). The molecule has 11 nitrogen and oxygen atoms in total. The van der Waals surface area contributed by atoms with E-state index in [9.17, 15) is 19.5 Å². The van der Waals surface area contributed by atoms with Crippen LogP contribution in [0.15, 0.2) is 109 Å². The number of likely N-dealkylation sites (tertiary alicyclic amines) is 1. The van der Waals surface area contributed by atoms with E-state index in [0.29, 0.717) is 6.42 Å². The molecule has 0 aliphatic carbocycles. The zero-order valence-electron chi connectivity index (χ0n) is 29.7. The van der Waals surface area contributed by atoms with E-state index in [-0.39, 0.29) is 44.3 Å². The predicted octanol–water partition coefficient (Wildman–Crippen LogP) is 5.10. The number of imide groups is 1. The zero-order valence-corrected chi connectivity index (χ0v) is 29.7. The molecule has 4 aromatic carbocycles. The average molecular weight is 719 g/mol. The van der Waals surface area contributed by atoms with Gasteiger partial charge < -0.3 is 24.6 Å². The van der Waals surface area contributed by atoms with E-state index < -0.39 is 24.3 Å². The van der Waals surface area contributed by atoms with Crippen molar-refractivity contribution in [1.82, 2.24) is 20.0 Å². The van der Waals surface area contributed by atoms with E-state index in [4.69, 9.17) is 14.2 Å². The van der Waals surface area contributed by atoms with E-state index in [1.54, 1.807) is 0 Å². The Morgan fingerprint density at radius 1 is 0.717 bits per heavy atom. The summed E-state index contributed by atoms with van der Waals surface area (Å²) in [4.78, 5) is 44.5. The largest absolute Gasteiger partial charge is 0.445 e. The standard InChI is InChI=1S/C42H46N4O7/c47-28-32-13-15-34(16-14-32)38-23-36(27-45-21-19-44(20-22-45)25-30-7-3-1-4-8-30)52-41(53-38)35-17-11-31(12-18-35)26-46-39(48)24-37(40(46)49)43-42(50)51-29-33-9-5-2-6-10-33/h1-18,36-38,41,47H,19-29H2,(H,43,50)/t36-,37?,38+,41+/m1/s1. The van der Waals surface area contributed by atoms with Gasteiger partial charge in [-0.15, -0.1) is 0 Å². The minimum absolute atomic E-state index is 0.0180. The Hall–Kier alpha value is -4.91. The number of alkyl carbamates (subject to hydrolysis) is 1. The van der Waals surface area contributed by atoms with Gasteiger partial charge in [-0.3, -0.25) is 24.3 Å². The summed E-state index contributed by atoms with van der Waals surface area (Å²) in [6, 6.07) is 34.3. The van der Waals surface area contributed by atoms with Crippen LogP contribution in [0.4, 0.5) is 4.79 Å². The van der Waals surface area contributed by atoms with Gasteiger partial charge in [-0.25, -0.2) is 4.79 Å². The summed E-state index contributed by atoms with van der Waals surface area (Å²) >= 11 is 0. The van der Waals surface area contributed by atoms with Crippen LogP contribution in [0.3, 0.4) is 0 Å². The number of rotatable bonds is 12. The molecule has 0 aromatic heterocycles. The molecule has 3 aliphatic rings. The fraction of sp³-hybridized carbons (Fsp3) is 0.357. The molecular weight excluding hydrogens is 672 g/mol. The topological polar surface area (TPSA) is 121 Å². The molecule has 0 radical (unpaired) electrons. The number of carbonyl (C=O) groups is 3. The first-order valence-corrected chi connectivity index (χ1v) is 18.3. The first kappa shape index (κ1) is 36.4. The number of ether oxygens (including phenoxy) is 3. The summed E-state index contributed by atoms with van der Waals surface area (Å²) in [5, 5.41) is 12.1. The SMILES string of the molecule is O=C(NC1CC(=O)N(Cc2ccc([C@H]3O[C@@H](CN4CCN(Cc5ccccc5)CC4)C[C@@H](c4ccc(CO)cc4)O3)cc2)C1=O)OCc1ccccc1. The third-order valence-corrected chi connectivity index (χ3v) is 10.1. The molecule has 53 heavy (non-hydrogen) atoms. The van der Waals surface area contributed by atoms with Crippen molar-refractivity contribution in [3.8, 4) is 0 Å². The van der Waals surface area contributed by atoms with Gasteiger partial charge in [-0.05, 0) is 27.8 Å². The molecule has 3 saturated heterocycles. The van der Waals surface area contributed by atoms with E-state index in [1.807, 2.05) is 84.9 Å². The van der Waals surface area contributed by atoms with Gasteiger partial charge in [-0.2, -0.15) is 0 Å². The number of benzene rings is 4. The summed E-state index contributed by atoms with van der Waals surface area (Å²) in [6.45, 7) is 5.78. The number of hydrogen-bond acceptors (Lipinski definition) is 9. The number of carbonyl (C=O) groups excluding carboxylic acids is 3. The molecule has 1 unspecified atom stereocenters. The second kappa shape index (κ2) is 17.3. The fourth-order valence-corrected chi connectivity index (χ4v) is 7.12. The molecule has 3 amide bonds. The maximum atomic E-state index is 13.1. The van der Waals surface area contributed by atoms with E-state index in [2.05, 4.69) is 39.4 Å². The zero-order chi connectivity index (χ0) is 36.6. The predicted molar refractivity (Wildman–Crippen MR) is 197 cm³/mol. The highest BCUT2D eigenvalue weighted by atomic mass is 16.7. The van der Waals surface area contributed by atoms with Crippen LogP contribution in [-0.2, 0) is 50.1 Å². The van der Waals surface area contributed by atoms with Gasteiger partial charge in [0, 0.05) is 51.3 Å². The number of nitrogens with zero attached hydrogens (tertiary/aromatic N) is 3. The summed E-state index contributed by atoms with van der Waals surface area (Å²) < 4.78 is 18.4. The molecular formula is C42H46N4O7. The monoisotopic (exact) mass is 718 g/mol. The maximum absolute atomic E-state index is 13.1. The quantitative estimate of drug-likeness (QED) is 0.193. The first-order valence-electron chi connectivity index (χ1n) is 18.3. The maximum Gasteiger partial charge on any atom is 0.408 e. The molecule has 0 spiro atoms. The fourth-order valence-electron chi connectivity index (χ4n) is 7.12. The van der Waals surface area contributed by atoms with Crippen molar-refractivity contribution in [3.63, 3.8) is 0 Å². The molecule has 0 saturated carbocycles. The highest BCUT2D eigenvalue weighted by molar-refractivity contribution is 6.06. The number of hydrogen-bond donors (Lipinski definition) is 2. The molecule has 2 N–H and O–H groups in total. The van der Waals surface area contributed by atoms with E-state index in [1.165, 1.54) is 10.5 Å². The van der Waals surface area contributed by atoms with Gasteiger partial charge in [0.05, 0.1) is 31.8 Å². The molecule has 4 atom stereocenters. The van der Waals surface area contributed by atoms with Crippen LogP contribution in [0.5, 0.6) is 0 Å². The average Bonchev–Trinajstić information content (AvgIpc) is 3.45. The lowest BCUT2D eigenvalue weighted by molar-refractivity contribution is -0.253. The number of amides is 3. The van der Waals surface area contributed by atoms with Gasteiger partial charge in [-0.1, -0.05) is 109 Å². The van der Waals surface area contributed by atoms with Gasteiger partial charge in [0.25, 0.3) is 5.91 Å². The van der Waals surface area contributed by atoms with E-state index >= 15 is 0 Å². The Morgan fingerprint density at radius 2 is 1.32 bits per heavy atom. The third-order valence-electron chi connectivity index (χ3n) is 10.1. The lowest BCUT2D eigenvalue weighted by Gasteiger charge is -2.40. The number of nitrogens with one attached hydrogen (secondary N) is 1. The summed E-state index contributed by atoms with van der Waals surface area (Å²) in [5.74, 6) is -0.821. The van der Waals surface area contributed by atoms with Crippen LogP contribution in [0.1, 0.15) is 58.6 Å². The first-order chi connectivity index (χ1) is 25.9. The molecule has 4 aromatic rings. The van der Waals surface area contributed by atoms with E-state index in [0.717, 1.165) is 67.1 Å². The van der Waals surface area contributed by atoms with Gasteiger partial charge in [0.2, 0.25) is 5.91 Å². The van der Waals surface area contributed by atoms with Crippen LogP contribution >= 0.6 is 0 Å². The lowest BCUT2D eigenvalue weighted by Crippen LogP contribution is -2.49. The highest BCUT2D eigenvalue weighted by Gasteiger charge is 2.40. The minimum atomic E-state index is -0.971.